The van der Waals surface area contributed by atoms with Crippen molar-refractivity contribution in [2.24, 2.45) is 5.92 Å². The second kappa shape index (κ2) is 8.51. The molecule has 1 aliphatic carbocycles. The van der Waals surface area contributed by atoms with Gasteiger partial charge < -0.3 is 15.1 Å². The van der Waals surface area contributed by atoms with Crippen molar-refractivity contribution in [3.8, 4) is 0 Å². The maximum absolute atomic E-state index is 13.3. The summed E-state index contributed by atoms with van der Waals surface area (Å²) in [5.41, 5.74) is 3.28. The number of nitrogens with one attached hydrogen (secondary N) is 1. The Morgan fingerprint density at radius 1 is 1.23 bits per heavy atom. The smallest absolute Gasteiger partial charge is 0.252 e. The topological polar surface area (TPSA) is 66.3 Å². The molecular formula is C24H38N6O. The number of piperazine rings is 1. The molecule has 7 nitrogen and oxygen atoms in total. The van der Waals surface area contributed by atoms with E-state index >= 15 is 0 Å². The summed E-state index contributed by atoms with van der Waals surface area (Å²) in [7, 11) is 2.18. The van der Waals surface area contributed by atoms with Crippen molar-refractivity contribution in [2.45, 2.75) is 58.9 Å². The molecular weight excluding hydrogens is 388 g/mol. The van der Waals surface area contributed by atoms with E-state index in [4.69, 9.17) is 10.1 Å². The highest BCUT2D eigenvalue weighted by Crippen LogP contribution is 2.41. The summed E-state index contributed by atoms with van der Waals surface area (Å²) in [6, 6.07) is 2.02. The lowest BCUT2D eigenvalue weighted by atomic mass is 10.1. The minimum Gasteiger partial charge on any atom is -0.352 e. The molecule has 3 heterocycles. The number of pyridine rings is 1. The van der Waals surface area contributed by atoms with Crippen LogP contribution in [-0.2, 0) is 5.54 Å². The van der Waals surface area contributed by atoms with Gasteiger partial charge in [-0.15, -0.1) is 0 Å². The van der Waals surface area contributed by atoms with Crippen LogP contribution in [0.5, 0.6) is 0 Å². The average Bonchev–Trinajstić information content (AvgIpc) is 3.50. The molecule has 1 amide bonds. The maximum atomic E-state index is 13.3. The first-order valence-corrected chi connectivity index (χ1v) is 11.7. The van der Waals surface area contributed by atoms with Crippen LogP contribution >= 0.6 is 0 Å². The lowest BCUT2D eigenvalue weighted by molar-refractivity contribution is 0.0939. The summed E-state index contributed by atoms with van der Waals surface area (Å²) in [5, 5.41) is 8.87. The minimum atomic E-state index is -0.188. The number of rotatable bonds is 6. The molecule has 7 heteroatoms. The van der Waals surface area contributed by atoms with E-state index in [1.807, 2.05) is 17.7 Å². The van der Waals surface area contributed by atoms with Crippen molar-refractivity contribution in [1.82, 2.24) is 29.9 Å². The highest BCUT2D eigenvalue weighted by molar-refractivity contribution is 6.06. The van der Waals surface area contributed by atoms with Gasteiger partial charge in [-0.1, -0.05) is 6.92 Å². The van der Waals surface area contributed by atoms with Crippen LogP contribution < -0.4 is 5.32 Å². The summed E-state index contributed by atoms with van der Waals surface area (Å²) < 4.78 is 1.98. The van der Waals surface area contributed by atoms with Crippen LogP contribution in [0.25, 0.3) is 11.0 Å². The Morgan fingerprint density at radius 3 is 2.52 bits per heavy atom. The molecule has 2 aliphatic rings. The van der Waals surface area contributed by atoms with Gasteiger partial charge in [0.2, 0.25) is 0 Å². The molecule has 0 unspecified atom stereocenters. The molecule has 1 saturated carbocycles. The van der Waals surface area contributed by atoms with E-state index in [9.17, 15) is 4.79 Å². The standard InChI is InChI=1S/C24H38N6O/c1-16(15-29-11-9-28(6)10-12-29)14-25-23(31)19-13-20(18-7-8-18)26-22-21(19)17(2)27-30(22)24(3,4)5/h13,16,18H,7-12,14-15H2,1-6H3,(H,25,31)/t16-/m0/s1. The number of aryl methyl sites for hydroxylation is 1. The molecule has 2 aromatic rings. The van der Waals surface area contributed by atoms with Crippen LogP contribution in [0.15, 0.2) is 6.07 Å². The molecule has 2 aromatic heterocycles. The normalized spacial score (nSPS) is 19.7. The third kappa shape index (κ3) is 4.93. The first-order valence-electron chi connectivity index (χ1n) is 11.7. The molecule has 0 aromatic carbocycles. The first kappa shape index (κ1) is 22.2. The number of hydrogen-bond donors (Lipinski definition) is 1. The summed E-state index contributed by atoms with van der Waals surface area (Å²) in [6.07, 6.45) is 2.31. The van der Waals surface area contributed by atoms with Crippen molar-refractivity contribution in [1.29, 1.82) is 0 Å². The van der Waals surface area contributed by atoms with Gasteiger partial charge >= 0.3 is 0 Å². The van der Waals surface area contributed by atoms with Gasteiger partial charge in [0.1, 0.15) is 0 Å². The number of carbonyl (C=O) groups is 1. The van der Waals surface area contributed by atoms with Crippen LogP contribution in [0.3, 0.4) is 0 Å². The minimum absolute atomic E-state index is 0.00362. The molecule has 1 atom stereocenters. The van der Waals surface area contributed by atoms with E-state index < -0.39 is 0 Å². The van der Waals surface area contributed by atoms with Crippen LogP contribution in [0, 0.1) is 12.8 Å². The molecule has 1 aliphatic heterocycles. The summed E-state index contributed by atoms with van der Waals surface area (Å²) in [6.45, 7) is 16.7. The van der Waals surface area contributed by atoms with Crippen molar-refractivity contribution >= 4 is 16.9 Å². The average molecular weight is 427 g/mol. The second-order valence-corrected chi connectivity index (χ2v) is 10.7. The largest absolute Gasteiger partial charge is 0.352 e. The Balaban J connectivity index is 1.52. The number of fused-ring (bicyclic) bond motifs is 1. The fourth-order valence-electron chi connectivity index (χ4n) is 4.44. The van der Waals surface area contributed by atoms with Gasteiger partial charge in [-0.2, -0.15) is 5.10 Å². The Morgan fingerprint density at radius 2 is 1.90 bits per heavy atom. The van der Waals surface area contributed by atoms with E-state index in [1.165, 1.54) is 0 Å². The number of likely N-dealkylation sites (N-methyl/N-ethyl adjacent to an activating group) is 1. The number of amides is 1. The molecule has 170 valence electrons. The maximum Gasteiger partial charge on any atom is 0.252 e. The number of nitrogens with zero attached hydrogens (tertiary/aromatic N) is 5. The van der Waals surface area contributed by atoms with Gasteiger partial charge in [0.25, 0.3) is 5.91 Å². The fraction of sp³-hybridized carbons (Fsp3) is 0.708. The van der Waals surface area contributed by atoms with E-state index in [1.54, 1.807) is 0 Å². The SMILES string of the molecule is Cc1nn(C(C)(C)C)c2nc(C3CC3)cc(C(=O)NC[C@H](C)CN3CCN(C)CC3)c12. The zero-order valence-electron chi connectivity index (χ0n) is 20.0. The predicted molar refractivity (Wildman–Crippen MR) is 125 cm³/mol. The van der Waals surface area contributed by atoms with Crippen molar-refractivity contribution < 1.29 is 4.79 Å². The van der Waals surface area contributed by atoms with Gasteiger partial charge in [-0.25, -0.2) is 9.67 Å². The Labute approximate surface area is 186 Å². The van der Waals surface area contributed by atoms with Gasteiger partial charge in [-0.3, -0.25) is 4.79 Å². The highest BCUT2D eigenvalue weighted by atomic mass is 16.1. The van der Waals surface area contributed by atoms with Gasteiger partial charge in [-0.05, 0) is 59.6 Å². The number of aromatic nitrogens is 3. The third-order valence-electron chi connectivity index (χ3n) is 6.49. The Bertz CT molecular complexity index is 947. The van der Waals surface area contributed by atoms with E-state index in [2.05, 4.69) is 49.9 Å². The monoisotopic (exact) mass is 426 g/mol. The van der Waals surface area contributed by atoms with Gasteiger partial charge in [0.15, 0.2) is 5.65 Å². The van der Waals surface area contributed by atoms with Crippen LogP contribution in [0.4, 0.5) is 0 Å². The van der Waals surface area contributed by atoms with Crippen molar-refractivity contribution in [2.75, 3.05) is 46.3 Å². The number of carbonyl (C=O) groups excluding carboxylic acids is 1. The molecule has 2 fully saturated rings. The Kier molecular flexibility index (Phi) is 6.10. The predicted octanol–water partition coefficient (Wildman–Crippen LogP) is 2.99. The zero-order chi connectivity index (χ0) is 22.3. The van der Waals surface area contributed by atoms with E-state index in [-0.39, 0.29) is 11.4 Å². The molecule has 1 saturated heterocycles. The van der Waals surface area contributed by atoms with E-state index in [0.29, 0.717) is 18.4 Å². The van der Waals surface area contributed by atoms with E-state index in [0.717, 1.165) is 73.6 Å². The van der Waals surface area contributed by atoms with Crippen LogP contribution in [0.2, 0.25) is 0 Å². The fourth-order valence-corrected chi connectivity index (χ4v) is 4.44. The third-order valence-corrected chi connectivity index (χ3v) is 6.49. The van der Waals surface area contributed by atoms with Crippen molar-refractivity contribution in [3.05, 3.63) is 23.0 Å². The first-order chi connectivity index (χ1) is 14.6. The molecule has 4 rings (SSSR count). The number of hydrogen-bond acceptors (Lipinski definition) is 5. The molecule has 0 radical (unpaired) electrons. The highest BCUT2D eigenvalue weighted by Gasteiger charge is 2.30. The van der Waals surface area contributed by atoms with Crippen LogP contribution in [-0.4, -0.2) is 76.8 Å². The lowest BCUT2D eigenvalue weighted by Gasteiger charge is -2.33. The zero-order valence-corrected chi connectivity index (χ0v) is 20.0. The molecule has 1 N–H and O–H groups in total. The molecule has 31 heavy (non-hydrogen) atoms. The molecule has 0 bridgehead atoms. The summed E-state index contributed by atoms with van der Waals surface area (Å²) in [5.74, 6) is 0.887. The Hall–Kier alpha value is -1.99. The van der Waals surface area contributed by atoms with Crippen molar-refractivity contribution in [3.63, 3.8) is 0 Å². The summed E-state index contributed by atoms with van der Waals surface area (Å²) >= 11 is 0. The quantitative estimate of drug-likeness (QED) is 0.769. The molecule has 0 spiro atoms. The second-order valence-electron chi connectivity index (χ2n) is 10.7. The lowest BCUT2D eigenvalue weighted by Crippen LogP contribution is -2.46. The summed E-state index contributed by atoms with van der Waals surface area (Å²) in [4.78, 5) is 23.1. The van der Waals surface area contributed by atoms with Gasteiger partial charge in [0, 0.05) is 50.9 Å². The van der Waals surface area contributed by atoms with Crippen LogP contribution in [0.1, 0.15) is 68.2 Å². The van der Waals surface area contributed by atoms with Gasteiger partial charge in [0.05, 0.1) is 22.2 Å².